The minimum absolute atomic E-state index is 0.0843. The standard InChI is InChI=1S/C10H16N4O2.C2H6/c1-8-3-4-12-10(14-8)13-6-5-11-9(15)7-16-2;1-2/h3-4H,5-7H2,1-2H3,(H,11,15)(H,12,13,14);1-2H3. The second kappa shape index (κ2) is 10.5. The Morgan fingerprint density at radius 3 is 2.72 bits per heavy atom. The third kappa shape index (κ3) is 7.56. The number of anilines is 1. The van der Waals surface area contributed by atoms with E-state index in [4.69, 9.17) is 0 Å². The van der Waals surface area contributed by atoms with Crippen molar-refractivity contribution in [3.05, 3.63) is 18.0 Å². The number of aromatic nitrogens is 2. The first-order valence-electron chi connectivity index (χ1n) is 6.01. The summed E-state index contributed by atoms with van der Waals surface area (Å²) in [5.41, 5.74) is 0.904. The Morgan fingerprint density at radius 2 is 2.11 bits per heavy atom. The van der Waals surface area contributed by atoms with Crippen molar-refractivity contribution in [3.8, 4) is 0 Å². The van der Waals surface area contributed by atoms with Crippen LogP contribution in [-0.4, -0.2) is 42.7 Å². The molecule has 0 unspecified atom stereocenters. The average Bonchev–Trinajstić information content (AvgIpc) is 2.38. The summed E-state index contributed by atoms with van der Waals surface area (Å²) in [6.07, 6.45) is 1.69. The van der Waals surface area contributed by atoms with Crippen LogP contribution in [0.2, 0.25) is 0 Å². The van der Waals surface area contributed by atoms with E-state index in [0.29, 0.717) is 19.0 Å². The van der Waals surface area contributed by atoms with E-state index in [9.17, 15) is 4.79 Å². The van der Waals surface area contributed by atoms with Crippen LogP contribution in [0.15, 0.2) is 12.3 Å². The second-order valence-corrected chi connectivity index (χ2v) is 3.23. The molecule has 0 aromatic carbocycles. The van der Waals surface area contributed by atoms with Crippen LogP contribution in [0.4, 0.5) is 5.95 Å². The van der Waals surface area contributed by atoms with Gasteiger partial charge < -0.3 is 15.4 Å². The number of aryl methyl sites for hydroxylation is 1. The van der Waals surface area contributed by atoms with Crippen LogP contribution >= 0.6 is 0 Å². The third-order valence-electron chi connectivity index (χ3n) is 1.80. The van der Waals surface area contributed by atoms with Crippen LogP contribution in [0.5, 0.6) is 0 Å². The molecule has 0 radical (unpaired) electrons. The zero-order valence-electron chi connectivity index (χ0n) is 11.5. The van der Waals surface area contributed by atoms with Crippen molar-refractivity contribution in [1.82, 2.24) is 15.3 Å². The molecule has 6 heteroatoms. The van der Waals surface area contributed by atoms with Crippen molar-refractivity contribution >= 4 is 11.9 Å². The number of ether oxygens (including phenoxy) is 1. The maximum absolute atomic E-state index is 11.0. The van der Waals surface area contributed by atoms with E-state index in [-0.39, 0.29) is 12.5 Å². The van der Waals surface area contributed by atoms with E-state index in [0.717, 1.165) is 5.69 Å². The molecular weight excluding hydrogens is 232 g/mol. The largest absolute Gasteiger partial charge is 0.375 e. The molecular formula is C12H22N4O2. The molecule has 102 valence electrons. The number of nitrogens with one attached hydrogen (secondary N) is 2. The first-order chi connectivity index (χ1) is 8.72. The number of hydrogen-bond acceptors (Lipinski definition) is 5. The summed E-state index contributed by atoms with van der Waals surface area (Å²) in [5, 5.41) is 5.69. The highest BCUT2D eigenvalue weighted by molar-refractivity contribution is 5.77. The summed E-state index contributed by atoms with van der Waals surface area (Å²) in [7, 11) is 1.48. The molecule has 0 bridgehead atoms. The molecule has 1 aromatic heterocycles. The molecule has 0 saturated carbocycles. The fraction of sp³-hybridized carbons (Fsp3) is 0.583. The summed E-state index contributed by atoms with van der Waals surface area (Å²) >= 11 is 0. The van der Waals surface area contributed by atoms with Gasteiger partial charge in [0.2, 0.25) is 11.9 Å². The monoisotopic (exact) mass is 254 g/mol. The van der Waals surface area contributed by atoms with E-state index in [1.165, 1.54) is 7.11 Å². The van der Waals surface area contributed by atoms with Crippen LogP contribution in [-0.2, 0) is 9.53 Å². The fourth-order valence-corrected chi connectivity index (χ4v) is 1.09. The molecule has 0 aliphatic heterocycles. The predicted octanol–water partition coefficient (Wildman–Crippen LogP) is 0.986. The lowest BCUT2D eigenvalue weighted by Crippen LogP contribution is -2.31. The van der Waals surface area contributed by atoms with Gasteiger partial charge in [-0.15, -0.1) is 0 Å². The Bertz CT molecular complexity index is 345. The van der Waals surface area contributed by atoms with Gasteiger partial charge in [0.1, 0.15) is 6.61 Å². The lowest BCUT2D eigenvalue weighted by atomic mass is 10.5. The highest BCUT2D eigenvalue weighted by Crippen LogP contribution is 1.97. The van der Waals surface area contributed by atoms with Crippen LogP contribution in [0, 0.1) is 6.92 Å². The van der Waals surface area contributed by atoms with Gasteiger partial charge in [0.15, 0.2) is 0 Å². The van der Waals surface area contributed by atoms with Crippen LogP contribution < -0.4 is 10.6 Å². The molecule has 1 amide bonds. The van der Waals surface area contributed by atoms with E-state index >= 15 is 0 Å². The number of rotatable bonds is 6. The van der Waals surface area contributed by atoms with Crippen molar-refractivity contribution in [2.24, 2.45) is 0 Å². The molecule has 2 N–H and O–H groups in total. The Kier molecular flexibility index (Phi) is 9.48. The first kappa shape index (κ1) is 16.3. The first-order valence-corrected chi connectivity index (χ1v) is 6.01. The van der Waals surface area contributed by atoms with Gasteiger partial charge in [-0.25, -0.2) is 9.97 Å². The molecule has 6 nitrogen and oxygen atoms in total. The summed E-state index contributed by atoms with van der Waals surface area (Å²) in [6.45, 7) is 7.08. The molecule has 1 aromatic rings. The van der Waals surface area contributed by atoms with Gasteiger partial charge in [-0.2, -0.15) is 0 Å². The third-order valence-corrected chi connectivity index (χ3v) is 1.80. The van der Waals surface area contributed by atoms with Gasteiger partial charge in [0.25, 0.3) is 0 Å². The Labute approximate surface area is 108 Å². The fourth-order valence-electron chi connectivity index (χ4n) is 1.09. The summed E-state index contributed by atoms with van der Waals surface area (Å²) in [4.78, 5) is 19.2. The second-order valence-electron chi connectivity index (χ2n) is 3.23. The van der Waals surface area contributed by atoms with E-state index in [1.807, 2.05) is 26.8 Å². The number of nitrogens with zero attached hydrogens (tertiary/aromatic N) is 2. The van der Waals surface area contributed by atoms with Crippen molar-refractivity contribution in [2.75, 3.05) is 32.1 Å². The van der Waals surface area contributed by atoms with Gasteiger partial charge in [0, 0.05) is 32.1 Å². The van der Waals surface area contributed by atoms with Crippen molar-refractivity contribution in [3.63, 3.8) is 0 Å². The topological polar surface area (TPSA) is 76.1 Å². The van der Waals surface area contributed by atoms with Crippen molar-refractivity contribution < 1.29 is 9.53 Å². The Balaban J connectivity index is 0.00000137. The Morgan fingerprint density at radius 1 is 1.39 bits per heavy atom. The van der Waals surface area contributed by atoms with Crippen molar-refractivity contribution in [2.45, 2.75) is 20.8 Å². The highest BCUT2D eigenvalue weighted by atomic mass is 16.5. The van der Waals surface area contributed by atoms with Crippen LogP contribution in [0.1, 0.15) is 19.5 Å². The van der Waals surface area contributed by atoms with Gasteiger partial charge in [-0.3, -0.25) is 4.79 Å². The minimum atomic E-state index is -0.130. The summed E-state index contributed by atoms with van der Waals surface area (Å²) in [6, 6.07) is 1.82. The summed E-state index contributed by atoms with van der Waals surface area (Å²) in [5.74, 6) is 0.440. The maximum Gasteiger partial charge on any atom is 0.246 e. The molecule has 1 rings (SSSR count). The summed E-state index contributed by atoms with van der Waals surface area (Å²) < 4.78 is 4.68. The molecule has 0 aliphatic carbocycles. The molecule has 0 aliphatic rings. The van der Waals surface area contributed by atoms with Gasteiger partial charge in [-0.05, 0) is 13.0 Å². The zero-order chi connectivity index (χ0) is 13.8. The predicted molar refractivity (Wildman–Crippen MR) is 71.5 cm³/mol. The molecule has 18 heavy (non-hydrogen) atoms. The number of carbonyl (C=O) groups is 1. The lowest BCUT2D eigenvalue weighted by Gasteiger charge is -2.06. The van der Waals surface area contributed by atoms with Gasteiger partial charge in [-0.1, -0.05) is 13.8 Å². The molecule has 0 atom stereocenters. The number of carbonyl (C=O) groups excluding carboxylic acids is 1. The molecule has 0 saturated heterocycles. The zero-order valence-corrected chi connectivity index (χ0v) is 11.5. The number of hydrogen-bond donors (Lipinski definition) is 2. The quantitative estimate of drug-likeness (QED) is 0.740. The maximum atomic E-state index is 11.0. The van der Waals surface area contributed by atoms with Crippen molar-refractivity contribution in [1.29, 1.82) is 0 Å². The number of methoxy groups -OCH3 is 1. The molecule has 1 heterocycles. The lowest BCUT2D eigenvalue weighted by molar-refractivity contribution is -0.124. The highest BCUT2D eigenvalue weighted by Gasteiger charge is 1.99. The normalized spacial score (nSPS) is 9.11. The van der Waals surface area contributed by atoms with Gasteiger partial charge >= 0.3 is 0 Å². The van der Waals surface area contributed by atoms with Gasteiger partial charge in [0.05, 0.1) is 0 Å². The minimum Gasteiger partial charge on any atom is -0.375 e. The smallest absolute Gasteiger partial charge is 0.246 e. The van der Waals surface area contributed by atoms with E-state index in [2.05, 4.69) is 25.3 Å². The van der Waals surface area contributed by atoms with Crippen LogP contribution in [0.3, 0.4) is 0 Å². The molecule has 0 spiro atoms. The number of amides is 1. The average molecular weight is 254 g/mol. The Hall–Kier alpha value is -1.69. The van der Waals surface area contributed by atoms with Crippen LogP contribution in [0.25, 0.3) is 0 Å². The molecule has 0 fully saturated rings. The van der Waals surface area contributed by atoms with E-state index < -0.39 is 0 Å². The SMILES string of the molecule is CC.COCC(=O)NCCNc1nccc(C)n1. The van der Waals surface area contributed by atoms with E-state index in [1.54, 1.807) is 6.20 Å².